The molecular formula is C14H26N2O4. The maximum Gasteiger partial charge on any atom is 0.317 e. The molecule has 2 unspecified atom stereocenters. The first-order valence-electron chi connectivity index (χ1n) is 7.01. The SMILES string of the molecule is COC1CCN(C(=O)NCC(CC(C)(C)C)C(=O)O)C1. The summed E-state index contributed by atoms with van der Waals surface area (Å²) in [6, 6.07) is -0.204. The van der Waals surface area contributed by atoms with Crippen molar-refractivity contribution in [1.29, 1.82) is 0 Å². The van der Waals surface area contributed by atoms with Gasteiger partial charge in [-0.15, -0.1) is 0 Å². The summed E-state index contributed by atoms with van der Waals surface area (Å²) in [7, 11) is 1.63. The molecule has 0 aromatic carbocycles. The lowest BCUT2D eigenvalue weighted by molar-refractivity contribution is -0.142. The second kappa shape index (κ2) is 6.92. The monoisotopic (exact) mass is 286 g/mol. The average Bonchev–Trinajstić information content (AvgIpc) is 2.81. The van der Waals surface area contributed by atoms with Gasteiger partial charge >= 0.3 is 12.0 Å². The number of ether oxygens (including phenoxy) is 1. The Morgan fingerprint density at radius 3 is 2.55 bits per heavy atom. The number of carboxylic acids is 1. The Labute approximate surface area is 120 Å². The van der Waals surface area contributed by atoms with Crippen molar-refractivity contribution in [3.8, 4) is 0 Å². The van der Waals surface area contributed by atoms with Crippen LogP contribution in [0.2, 0.25) is 0 Å². The summed E-state index contributed by atoms with van der Waals surface area (Å²) in [6.07, 6.45) is 1.45. The van der Waals surface area contributed by atoms with E-state index < -0.39 is 11.9 Å². The number of urea groups is 1. The highest BCUT2D eigenvalue weighted by Crippen LogP contribution is 2.24. The Hall–Kier alpha value is -1.30. The summed E-state index contributed by atoms with van der Waals surface area (Å²) in [5.74, 6) is -1.42. The highest BCUT2D eigenvalue weighted by Gasteiger charge is 2.28. The van der Waals surface area contributed by atoms with E-state index in [0.717, 1.165) is 6.42 Å². The fourth-order valence-corrected chi connectivity index (χ4v) is 2.41. The van der Waals surface area contributed by atoms with Gasteiger partial charge in [0.05, 0.1) is 12.0 Å². The van der Waals surface area contributed by atoms with E-state index in [2.05, 4.69) is 5.32 Å². The van der Waals surface area contributed by atoms with Crippen LogP contribution in [-0.4, -0.2) is 54.9 Å². The number of carbonyl (C=O) groups excluding carboxylic acids is 1. The summed E-state index contributed by atoms with van der Waals surface area (Å²) < 4.78 is 5.21. The summed E-state index contributed by atoms with van der Waals surface area (Å²) in [5.41, 5.74) is -0.0808. The Balaban J connectivity index is 2.43. The highest BCUT2D eigenvalue weighted by atomic mass is 16.5. The minimum absolute atomic E-state index is 0.0808. The minimum atomic E-state index is -0.864. The third-order valence-corrected chi connectivity index (χ3v) is 3.47. The topological polar surface area (TPSA) is 78.9 Å². The quantitative estimate of drug-likeness (QED) is 0.804. The number of methoxy groups -OCH3 is 1. The predicted octanol–water partition coefficient (Wildman–Crippen LogP) is 1.55. The van der Waals surface area contributed by atoms with E-state index in [1.54, 1.807) is 12.0 Å². The van der Waals surface area contributed by atoms with Crippen molar-refractivity contribution in [2.45, 2.75) is 39.7 Å². The molecule has 116 valence electrons. The number of aliphatic carboxylic acids is 1. The number of nitrogens with zero attached hydrogens (tertiary/aromatic N) is 1. The molecule has 0 saturated carbocycles. The zero-order chi connectivity index (χ0) is 15.3. The fourth-order valence-electron chi connectivity index (χ4n) is 2.41. The molecule has 0 aromatic rings. The summed E-state index contributed by atoms with van der Waals surface area (Å²) in [4.78, 5) is 24.9. The third kappa shape index (κ3) is 5.36. The van der Waals surface area contributed by atoms with Crippen molar-refractivity contribution in [3.63, 3.8) is 0 Å². The van der Waals surface area contributed by atoms with E-state index in [1.165, 1.54) is 0 Å². The van der Waals surface area contributed by atoms with Crippen LogP contribution in [0.25, 0.3) is 0 Å². The molecule has 0 bridgehead atoms. The predicted molar refractivity (Wildman–Crippen MR) is 75.6 cm³/mol. The number of carbonyl (C=O) groups is 2. The molecule has 0 radical (unpaired) electrons. The number of likely N-dealkylation sites (tertiary alicyclic amines) is 1. The summed E-state index contributed by atoms with van der Waals surface area (Å²) >= 11 is 0. The molecule has 6 nitrogen and oxygen atoms in total. The number of rotatable bonds is 5. The number of nitrogens with one attached hydrogen (secondary N) is 1. The maximum absolute atomic E-state index is 12.0. The Morgan fingerprint density at radius 2 is 2.10 bits per heavy atom. The second-order valence-electron chi connectivity index (χ2n) is 6.58. The molecule has 2 N–H and O–H groups in total. The Kier molecular flexibility index (Phi) is 5.80. The van der Waals surface area contributed by atoms with Crippen molar-refractivity contribution in [2.24, 2.45) is 11.3 Å². The van der Waals surface area contributed by atoms with Gasteiger partial charge in [-0.05, 0) is 18.3 Å². The number of carboxylic acid groups (broad SMARTS) is 1. The Morgan fingerprint density at radius 1 is 1.45 bits per heavy atom. The van der Waals surface area contributed by atoms with Crippen molar-refractivity contribution >= 4 is 12.0 Å². The highest BCUT2D eigenvalue weighted by molar-refractivity contribution is 5.76. The van der Waals surface area contributed by atoms with Crippen LogP contribution in [0.5, 0.6) is 0 Å². The van der Waals surface area contributed by atoms with Crippen LogP contribution in [0.15, 0.2) is 0 Å². The molecule has 1 fully saturated rings. The molecule has 2 atom stereocenters. The average molecular weight is 286 g/mol. The molecule has 2 amide bonds. The molecule has 1 aliphatic rings. The molecule has 20 heavy (non-hydrogen) atoms. The molecule has 1 aliphatic heterocycles. The largest absolute Gasteiger partial charge is 0.481 e. The van der Waals surface area contributed by atoms with Crippen molar-refractivity contribution in [2.75, 3.05) is 26.7 Å². The molecule has 1 heterocycles. The Bertz CT molecular complexity index is 352. The van der Waals surface area contributed by atoms with Gasteiger partial charge in [0.25, 0.3) is 0 Å². The van der Waals surface area contributed by atoms with Gasteiger partial charge in [0, 0.05) is 26.7 Å². The lowest BCUT2D eigenvalue weighted by Crippen LogP contribution is -2.42. The van der Waals surface area contributed by atoms with Gasteiger partial charge in [-0.3, -0.25) is 4.79 Å². The summed E-state index contributed by atoms with van der Waals surface area (Å²) in [6.45, 7) is 7.37. The lowest BCUT2D eigenvalue weighted by Gasteiger charge is -2.24. The molecule has 0 aliphatic carbocycles. The number of amides is 2. The van der Waals surface area contributed by atoms with Crippen molar-refractivity contribution in [3.05, 3.63) is 0 Å². The van der Waals surface area contributed by atoms with E-state index >= 15 is 0 Å². The van der Waals surface area contributed by atoms with Crippen molar-refractivity contribution in [1.82, 2.24) is 10.2 Å². The van der Waals surface area contributed by atoms with Gasteiger partial charge in [-0.2, -0.15) is 0 Å². The van der Waals surface area contributed by atoms with Crippen LogP contribution in [0, 0.1) is 11.3 Å². The van der Waals surface area contributed by atoms with Gasteiger partial charge < -0.3 is 20.1 Å². The van der Waals surface area contributed by atoms with Gasteiger partial charge in [0.1, 0.15) is 0 Å². The molecule has 0 aromatic heterocycles. The minimum Gasteiger partial charge on any atom is -0.481 e. The maximum atomic E-state index is 12.0. The zero-order valence-electron chi connectivity index (χ0n) is 12.8. The summed E-state index contributed by atoms with van der Waals surface area (Å²) in [5, 5.41) is 11.9. The van der Waals surface area contributed by atoms with Crippen LogP contribution in [0.3, 0.4) is 0 Å². The first kappa shape index (κ1) is 16.8. The van der Waals surface area contributed by atoms with E-state index in [9.17, 15) is 14.7 Å². The molecule has 1 saturated heterocycles. The van der Waals surface area contributed by atoms with Gasteiger partial charge in [-0.1, -0.05) is 20.8 Å². The van der Waals surface area contributed by atoms with Crippen LogP contribution >= 0.6 is 0 Å². The van der Waals surface area contributed by atoms with E-state index in [1.807, 2.05) is 20.8 Å². The molecule has 0 spiro atoms. The van der Waals surface area contributed by atoms with Crippen LogP contribution in [-0.2, 0) is 9.53 Å². The van der Waals surface area contributed by atoms with Crippen LogP contribution in [0.4, 0.5) is 4.79 Å². The van der Waals surface area contributed by atoms with Crippen LogP contribution in [0.1, 0.15) is 33.6 Å². The van der Waals surface area contributed by atoms with E-state index in [-0.39, 0.29) is 24.1 Å². The smallest absolute Gasteiger partial charge is 0.317 e. The second-order valence-corrected chi connectivity index (χ2v) is 6.58. The van der Waals surface area contributed by atoms with Crippen LogP contribution < -0.4 is 5.32 Å². The first-order chi connectivity index (χ1) is 9.23. The van der Waals surface area contributed by atoms with E-state index in [0.29, 0.717) is 19.5 Å². The van der Waals surface area contributed by atoms with E-state index in [4.69, 9.17) is 4.74 Å². The third-order valence-electron chi connectivity index (χ3n) is 3.47. The lowest BCUT2D eigenvalue weighted by atomic mass is 9.84. The molecule has 6 heteroatoms. The first-order valence-corrected chi connectivity index (χ1v) is 7.01. The van der Waals surface area contributed by atoms with Gasteiger partial charge in [0.2, 0.25) is 0 Å². The van der Waals surface area contributed by atoms with Gasteiger partial charge in [0.15, 0.2) is 0 Å². The molecule has 1 rings (SSSR count). The van der Waals surface area contributed by atoms with Gasteiger partial charge in [-0.25, -0.2) is 4.79 Å². The zero-order valence-corrected chi connectivity index (χ0v) is 12.8. The standard InChI is InChI=1S/C14H26N2O4/c1-14(2,3)7-10(12(17)18)8-15-13(19)16-6-5-11(9-16)20-4/h10-11H,5-9H2,1-4H3,(H,15,19)(H,17,18). The normalized spacial score (nSPS) is 20.8. The fraction of sp³-hybridized carbons (Fsp3) is 0.857. The van der Waals surface area contributed by atoms with Crippen molar-refractivity contribution < 1.29 is 19.4 Å². The number of hydrogen-bond acceptors (Lipinski definition) is 3. The molecular weight excluding hydrogens is 260 g/mol. The number of hydrogen-bond donors (Lipinski definition) is 2.